The van der Waals surface area contributed by atoms with E-state index in [9.17, 15) is 4.79 Å². The molecule has 3 rings (SSSR count). The van der Waals surface area contributed by atoms with Crippen LogP contribution in [0.3, 0.4) is 0 Å². The van der Waals surface area contributed by atoms with Gasteiger partial charge in [-0.3, -0.25) is 4.79 Å². The van der Waals surface area contributed by atoms with Crippen LogP contribution in [0.15, 0.2) is 78.4 Å². The third kappa shape index (κ3) is 6.19. The molecule has 0 saturated carbocycles. The van der Waals surface area contributed by atoms with E-state index in [0.717, 1.165) is 17.7 Å². The van der Waals surface area contributed by atoms with Gasteiger partial charge >= 0.3 is 5.97 Å². The van der Waals surface area contributed by atoms with Gasteiger partial charge in [-0.25, -0.2) is 0 Å². The summed E-state index contributed by atoms with van der Waals surface area (Å²) in [4.78, 5) is 12.5. The summed E-state index contributed by atoms with van der Waals surface area (Å²) in [5, 5.41) is 2.18. The van der Waals surface area contributed by atoms with Crippen molar-refractivity contribution in [3.63, 3.8) is 0 Å². The molecule has 0 saturated heterocycles. The van der Waals surface area contributed by atoms with Gasteiger partial charge in [0.05, 0.1) is 7.11 Å². The summed E-state index contributed by atoms with van der Waals surface area (Å²) in [5.41, 5.74) is 4.70. The van der Waals surface area contributed by atoms with Gasteiger partial charge in [-0.2, -0.15) is 0 Å². The van der Waals surface area contributed by atoms with E-state index in [1.165, 1.54) is 28.7 Å². The molecule has 2 aromatic rings. The van der Waals surface area contributed by atoms with Crippen molar-refractivity contribution in [1.82, 2.24) is 0 Å². The van der Waals surface area contributed by atoms with Crippen LogP contribution in [0.2, 0.25) is 0 Å². The van der Waals surface area contributed by atoms with Crippen LogP contribution >= 0.6 is 11.3 Å². The van der Waals surface area contributed by atoms with Crippen LogP contribution < -0.4 is 0 Å². The Morgan fingerprint density at radius 3 is 2.94 bits per heavy atom. The molecule has 31 heavy (non-hydrogen) atoms. The highest BCUT2D eigenvalue weighted by atomic mass is 32.1. The molecule has 1 aliphatic rings. The Morgan fingerprint density at radius 2 is 2.16 bits per heavy atom. The minimum Gasteiger partial charge on any atom is -0.489 e. The number of ether oxygens (including phenoxy) is 2. The first-order valence-electron chi connectivity index (χ1n) is 10.4. The van der Waals surface area contributed by atoms with Crippen molar-refractivity contribution in [2.75, 3.05) is 7.11 Å². The van der Waals surface area contributed by atoms with Crippen LogP contribution in [0, 0.1) is 5.92 Å². The lowest BCUT2D eigenvalue weighted by Gasteiger charge is -2.09. The number of rotatable bonds is 9. The zero-order valence-electron chi connectivity index (χ0n) is 18.0. The highest BCUT2D eigenvalue weighted by molar-refractivity contribution is 7.11. The quantitative estimate of drug-likeness (QED) is 0.393. The monoisotopic (exact) mass is 432 g/mol. The first-order valence-corrected chi connectivity index (χ1v) is 11.2. The summed E-state index contributed by atoms with van der Waals surface area (Å²) in [5.74, 6) is 0.822. The number of hydrogen-bond donors (Lipinski definition) is 0. The van der Waals surface area contributed by atoms with Crippen molar-refractivity contribution < 1.29 is 14.3 Å². The van der Waals surface area contributed by atoms with Crippen molar-refractivity contribution in [2.45, 2.75) is 26.4 Å². The lowest BCUT2D eigenvalue weighted by atomic mass is 10.0. The highest BCUT2D eigenvalue weighted by Gasteiger charge is 2.11. The molecule has 3 nitrogen and oxygen atoms in total. The lowest BCUT2D eigenvalue weighted by molar-refractivity contribution is -0.140. The van der Waals surface area contributed by atoms with Gasteiger partial charge in [-0.05, 0) is 59.6 Å². The van der Waals surface area contributed by atoms with Crippen molar-refractivity contribution in [2.24, 2.45) is 5.92 Å². The summed E-state index contributed by atoms with van der Waals surface area (Å²) in [6, 6.07) is 8.46. The third-order valence-corrected chi connectivity index (χ3v) is 6.05. The van der Waals surface area contributed by atoms with E-state index in [1.807, 2.05) is 31.2 Å². The molecule has 0 aliphatic heterocycles. The topological polar surface area (TPSA) is 35.5 Å². The predicted octanol–water partition coefficient (Wildman–Crippen LogP) is 7.19. The standard InChI is InChI=1S/C27H28O3S/c1-4-8-24-25(19-31-26(24)5-2)22-11-6-10-21(17-22)18-30-23-12-7-9-20(13-15-23)14-16-27(28)29-3/h4-13,15,17,19-20H,2,14,16,18H2,1,3H3/b8-4-. The van der Waals surface area contributed by atoms with Gasteiger partial charge in [0, 0.05) is 16.9 Å². The number of carbonyl (C=O) groups excluding carboxylic acids is 1. The molecular formula is C27H28O3S. The van der Waals surface area contributed by atoms with Gasteiger partial charge in [0.25, 0.3) is 0 Å². The third-order valence-electron chi connectivity index (χ3n) is 5.06. The predicted molar refractivity (Wildman–Crippen MR) is 130 cm³/mol. The van der Waals surface area contributed by atoms with E-state index in [4.69, 9.17) is 9.47 Å². The largest absolute Gasteiger partial charge is 0.489 e. The summed E-state index contributed by atoms with van der Waals surface area (Å²) in [7, 11) is 1.42. The van der Waals surface area contributed by atoms with Crippen LogP contribution in [0.1, 0.15) is 35.8 Å². The van der Waals surface area contributed by atoms with Crippen LogP contribution in [0.25, 0.3) is 23.3 Å². The van der Waals surface area contributed by atoms with Crippen molar-refractivity contribution >= 4 is 29.5 Å². The fourth-order valence-corrected chi connectivity index (χ4v) is 4.31. The Bertz CT molecular complexity index is 1040. The number of esters is 1. The number of thiophene rings is 1. The number of allylic oxidation sites excluding steroid dienone is 6. The molecule has 160 valence electrons. The Labute approximate surface area is 188 Å². The second-order valence-electron chi connectivity index (χ2n) is 7.21. The van der Waals surface area contributed by atoms with E-state index in [1.54, 1.807) is 11.3 Å². The fourth-order valence-electron chi connectivity index (χ4n) is 3.40. The molecule has 1 heterocycles. The second kappa shape index (κ2) is 11.3. The Hall–Kier alpha value is -3.11. The first kappa shape index (κ1) is 22.6. The second-order valence-corrected chi connectivity index (χ2v) is 8.12. The number of carbonyl (C=O) groups is 1. The van der Waals surface area contributed by atoms with Gasteiger partial charge in [-0.1, -0.05) is 61.2 Å². The highest BCUT2D eigenvalue weighted by Crippen LogP contribution is 2.34. The maximum absolute atomic E-state index is 11.4. The summed E-state index contributed by atoms with van der Waals surface area (Å²) < 4.78 is 10.8. The van der Waals surface area contributed by atoms with E-state index < -0.39 is 0 Å². The van der Waals surface area contributed by atoms with Crippen molar-refractivity contribution in [3.8, 4) is 11.1 Å². The van der Waals surface area contributed by atoms with Gasteiger partial charge < -0.3 is 9.47 Å². The molecule has 1 aliphatic carbocycles. The first-order chi connectivity index (χ1) is 15.1. The molecule has 1 unspecified atom stereocenters. The van der Waals surface area contributed by atoms with Crippen molar-refractivity contribution in [3.05, 3.63) is 94.4 Å². The van der Waals surface area contributed by atoms with Crippen LogP contribution in [-0.2, 0) is 20.9 Å². The average molecular weight is 433 g/mol. The average Bonchev–Trinajstić information content (AvgIpc) is 3.06. The molecule has 4 heteroatoms. The molecule has 1 aromatic carbocycles. The zero-order chi connectivity index (χ0) is 22.1. The number of benzene rings is 1. The molecule has 1 aromatic heterocycles. The maximum atomic E-state index is 11.4. The Morgan fingerprint density at radius 1 is 1.29 bits per heavy atom. The molecular weight excluding hydrogens is 404 g/mol. The number of hydrogen-bond acceptors (Lipinski definition) is 4. The Balaban J connectivity index is 1.66. The molecule has 1 atom stereocenters. The smallest absolute Gasteiger partial charge is 0.305 e. The summed E-state index contributed by atoms with van der Waals surface area (Å²) in [6.45, 7) is 6.45. The van der Waals surface area contributed by atoms with E-state index in [-0.39, 0.29) is 11.9 Å². The lowest BCUT2D eigenvalue weighted by Crippen LogP contribution is -2.03. The van der Waals surface area contributed by atoms with E-state index in [0.29, 0.717) is 13.0 Å². The molecule has 0 amide bonds. The van der Waals surface area contributed by atoms with Crippen LogP contribution in [-0.4, -0.2) is 13.1 Å². The van der Waals surface area contributed by atoms with Crippen molar-refractivity contribution in [1.29, 1.82) is 0 Å². The zero-order valence-corrected chi connectivity index (χ0v) is 18.9. The number of methoxy groups -OCH3 is 1. The van der Waals surface area contributed by atoms with Gasteiger partial charge in [0.15, 0.2) is 0 Å². The van der Waals surface area contributed by atoms with Gasteiger partial charge in [0.2, 0.25) is 0 Å². The van der Waals surface area contributed by atoms with Gasteiger partial charge in [-0.15, -0.1) is 11.3 Å². The minimum atomic E-state index is -0.182. The van der Waals surface area contributed by atoms with E-state index >= 15 is 0 Å². The Kier molecular flexibility index (Phi) is 8.25. The SMILES string of the molecule is C=Cc1scc(-c2cccc(COC3=CC=CC(CCC(=O)OC)C=C3)c2)c1/C=C\C. The fraction of sp³-hybridized carbons (Fsp3) is 0.222. The molecule has 0 fully saturated rings. The summed E-state index contributed by atoms with van der Waals surface area (Å²) >= 11 is 1.71. The normalized spacial score (nSPS) is 15.5. The van der Waals surface area contributed by atoms with Gasteiger partial charge in [0.1, 0.15) is 12.4 Å². The summed E-state index contributed by atoms with van der Waals surface area (Å²) in [6.07, 6.45) is 17.3. The van der Waals surface area contributed by atoms with Crippen LogP contribution in [0.5, 0.6) is 0 Å². The van der Waals surface area contributed by atoms with E-state index in [2.05, 4.69) is 60.5 Å². The molecule has 0 spiro atoms. The molecule has 0 radical (unpaired) electrons. The van der Waals surface area contributed by atoms with Crippen LogP contribution in [0.4, 0.5) is 0 Å². The maximum Gasteiger partial charge on any atom is 0.305 e. The molecule has 0 bridgehead atoms. The molecule has 0 N–H and O–H groups in total. The minimum absolute atomic E-state index is 0.182.